The van der Waals surface area contributed by atoms with Crippen LogP contribution in [0.25, 0.3) is 0 Å². The highest BCUT2D eigenvalue weighted by molar-refractivity contribution is 5.76. The van der Waals surface area contributed by atoms with Crippen LogP contribution in [0.1, 0.15) is 33.6 Å². The van der Waals surface area contributed by atoms with Crippen molar-refractivity contribution >= 4 is 12.4 Å². The highest BCUT2D eigenvalue weighted by Gasteiger charge is 2.29. The van der Waals surface area contributed by atoms with Gasteiger partial charge in [-0.2, -0.15) is 0 Å². The van der Waals surface area contributed by atoms with E-state index in [9.17, 15) is 4.79 Å². The zero-order valence-corrected chi connectivity index (χ0v) is 12.2. The molecule has 0 spiro atoms. The van der Waals surface area contributed by atoms with Gasteiger partial charge in [-0.1, -0.05) is 20.8 Å². The molecule has 0 saturated heterocycles. The SMILES string of the molecule is CC.CCCC(=O)NC(CO)(CO)CO.COC=O. The summed E-state index contributed by atoms with van der Waals surface area (Å²) in [5.41, 5.74) is -1.29. The molecule has 19 heavy (non-hydrogen) atoms. The van der Waals surface area contributed by atoms with E-state index in [-0.39, 0.29) is 5.91 Å². The first-order chi connectivity index (χ1) is 9.05. The second-order valence-electron chi connectivity index (χ2n) is 3.38. The smallest absolute Gasteiger partial charge is 0.292 e. The molecular weight excluding hydrogens is 254 g/mol. The predicted molar refractivity (Wildman–Crippen MR) is 71.5 cm³/mol. The van der Waals surface area contributed by atoms with Crippen molar-refractivity contribution < 1.29 is 29.6 Å². The van der Waals surface area contributed by atoms with E-state index in [1.807, 2.05) is 20.8 Å². The molecular formula is C12H27NO6. The van der Waals surface area contributed by atoms with Crippen molar-refractivity contribution in [2.75, 3.05) is 26.9 Å². The van der Waals surface area contributed by atoms with E-state index >= 15 is 0 Å². The molecule has 0 atom stereocenters. The summed E-state index contributed by atoms with van der Waals surface area (Å²) < 4.78 is 3.86. The van der Waals surface area contributed by atoms with Gasteiger partial charge in [0.1, 0.15) is 5.54 Å². The van der Waals surface area contributed by atoms with Gasteiger partial charge in [-0.3, -0.25) is 9.59 Å². The van der Waals surface area contributed by atoms with Crippen LogP contribution in [0, 0.1) is 0 Å². The van der Waals surface area contributed by atoms with E-state index in [2.05, 4.69) is 10.1 Å². The number of carbonyl (C=O) groups excluding carboxylic acids is 2. The molecule has 0 unspecified atom stereocenters. The fourth-order valence-electron chi connectivity index (χ4n) is 0.854. The summed E-state index contributed by atoms with van der Waals surface area (Å²) in [6, 6.07) is 0. The standard InChI is InChI=1S/C8H17NO4.C2H4O2.C2H6/c1-2-3-7(13)9-8(4-10,5-11)6-12;1-4-2-3;1-2/h10-12H,2-6H2,1H3,(H,9,13);2H,1H3;1-2H3. The summed E-state index contributed by atoms with van der Waals surface area (Å²) in [5, 5.41) is 29.0. The molecule has 1 amide bonds. The van der Waals surface area contributed by atoms with E-state index < -0.39 is 25.4 Å². The Morgan fingerprint density at radius 1 is 1.21 bits per heavy atom. The van der Waals surface area contributed by atoms with Gasteiger partial charge in [0.05, 0.1) is 26.9 Å². The van der Waals surface area contributed by atoms with Gasteiger partial charge >= 0.3 is 0 Å². The number of aliphatic hydroxyl groups is 3. The number of rotatable bonds is 7. The number of carbonyl (C=O) groups is 2. The number of hydrogen-bond acceptors (Lipinski definition) is 6. The van der Waals surface area contributed by atoms with E-state index in [4.69, 9.17) is 20.1 Å². The van der Waals surface area contributed by atoms with Crippen molar-refractivity contribution in [2.24, 2.45) is 0 Å². The van der Waals surface area contributed by atoms with E-state index in [0.29, 0.717) is 19.3 Å². The van der Waals surface area contributed by atoms with Gasteiger partial charge in [0.15, 0.2) is 0 Å². The number of amides is 1. The quantitative estimate of drug-likeness (QED) is 0.465. The van der Waals surface area contributed by atoms with Crippen molar-refractivity contribution in [3.63, 3.8) is 0 Å². The highest BCUT2D eigenvalue weighted by atomic mass is 16.5. The first-order valence-electron chi connectivity index (χ1n) is 6.15. The average Bonchev–Trinajstić information content (AvgIpc) is 2.47. The number of ether oxygens (including phenoxy) is 1. The molecule has 0 fully saturated rings. The summed E-state index contributed by atoms with van der Waals surface area (Å²) in [4.78, 5) is 20.0. The van der Waals surface area contributed by atoms with Crippen molar-refractivity contribution in [2.45, 2.75) is 39.2 Å². The van der Waals surface area contributed by atoms with Crippen LogP contribution >= 0.6 is 0 Å². The molecule has 0 aromatic heterocycles. The van der Waals surface area contributed by atoms with E-state index in [0.717, 1.165) is 0 Å². The summed E-state index contributed by atoms with van der Waals surface area (Å²) in [7, 11) is 1.31. The first kappa shape index (κ1) is 23.0. The third-order valence-electron chi connectivity index (χ3n) is 1.89. The monoisotopic (exact) mass is 281 g/mol. The third-order valence-corrected chi connectivity index (χ3v) is 1.89. The Morgan fingerprint density at radius 3 is 1.79 bits per heavy atom. The number of methoxy groups -OCH3 is 1. The Labute approximate surface area is 114 Å². The normalized spacial score (nSPS) is 9.21. The zero-order valence-electron chi connectivity index (χ0n) is 12.2. The Hall–Kier alpha value is -1.18. The molecule has 0 heterocycles. The fourth-order valence-corrected chi connectivity index (χ4v) is 0.854. The van der Waals surface area contributed by atoms with Crippen LogP contribution < -0.4 is 5.32 Å². The summed E-state index contributed by atoms with van der Waals surface area (Å²) >= 11 is 0. The van der Waals surface area contributed by atoms with Gasteiger partial charge in [0.2, 0.25) is 5.91 Å². The minimum absolute atomic E-state index is 0.278. The molecule has 0 aliphatic rings. The van der Waals surface area contributed by atoms with Crippen LogP contribution in [0.4, 0.5) is 0 Å². The van der Waals surface area contributed by atoms with Gasteiger partial charge in [-0.25, -0.2) is 0 Å². The number of nitrogens with one attached hydrogen (secondary N) is 1. The van der Waals surface area contributed by atoms with Crippen molar-refractivity contribution in [3.8, 4) is 0 Å². The van der Waals surface area contributed by atoms with Crippen LogP contribution in [-0.4, -0.2) is 60.2 Å². The van der Waals surface area contributed by atoms with Crippen LogP contribution in [0.3, 0.4) is 0 Å². The lowest BCUT2D eigenvalue weighted by Gasteiger charge is -2.28. The molecule has 0 saturated carbocycles. The minimum atomic E-state index is -1.29. The Balaban J connectivity index is -0.000000361. The lowest BCUT2D eigenvalue weighted by Crippen LogP contribution is -2.56. The topological polar surface area (TPSA) is 116 Å². The Morgan fingerprint density at radius 2 is 1.58 bits per heavy atom. The second kappa shape index (κ2) is 16.8. The maximum atomic E-state index is 11.1. The fraction of sp³-hybridized carbons (Fsp3) is 0.833. The van der Waals surface area contributed by atoms with Gasteiger partial charge in [-0.15, -0.1) is 0 Å². The zero-order chi connectivity index (χ0) is 15.7. The number of aliphatic hydroxyl groups excluding tert-OH is 3. The maximum absolute atomic E-state index is 11.1. The average molecular weight is 281 g/mol. The second-order valence-corrected chi connectivity index (χ2v) is 3.38. The lowest BCUT2D eigenvalue weighted by atomic mass is 10.0. The van der Waals surface area contributed by atoms with E-state index in [1.54, 1.807) is 0 Å². The van der Waals surface area contributed by atoms with Crippen molar-refractivity contribution in [3.05, 3.63) is 0 Å². The van der Waals surface area contributed by atoms with Gasteiger partial charge < -0.3 is 25.4 Å². The Kier molecular flexibility index (Phi) is 20.3. The molecule has 0 aliphatic heterocycles. The molecule has 0 rings (SSSR count). The molecule has 0 aliphatic carbocycles. The molecule has 7 heteroatoms. The molecule has 0 bridgehead atoms. The van der Waals surface area contributed by atoms with Crippen molar-refractivity contribution in [1.82, 2.24) is 5.32 Å². The van der Waals surface area contributed by atoms with Crippen LogP contribution in [0.5, 0.6) is 0 Å². The van der Waals surface area contributed by atoms with Crippen LogP contribution in [-0.2, 0) is 14.3 Å². The summed E-state index contributed by atoms with van der Waals surface area (Å²) in [6.45, 7) is 4.79. The van der Waals surface area contributed by atoms with E-state index in [1.165, 1.54) is 7.11 Å². The maximum Gasteiger partial charge on any atom is 0.292 e. The minimum Gasteiger partial charge on any atom is -0.471 e. The largest absolute Gasteiger partial charge is 0.471 e. The summed E-state index contributed by atoms with van der Waals surface area (Å²) in [6.07, 6.45) is 1.01. The number of hydrogen-bond donors (Lipinski definition) is 4. The van der Waals surface area contributed by atoms with Crippen LogP contribution in [0.2, 0.25) is 0 Å². The van der Waals surface area contributed by atoms with Crippen LogP contribution in [0.15, 0.2) is 0 Å². The first-order valence-corrected chi connectivity index (χ1v) is 6.15. The molecule has 0 radical (unpaired) electrons. The highest BCUT2D eigenvalue weighted by Crippen LogP contribution is 2.02. The predicted octanol–water partition coefficient (Wildman–Crippen LogP) is -0.566. The Bertz CT molecular complexity index is 198. The van der Waals surface area contributed by atoms with Gasteiger partial charge in [0, 0.05) is 6.42 Å². The summed E-state index contributed by atoms with van der Waals surface area (Å²) in [5.74, 6) is -0.278. The molecule has 4 N–H and O–H groups in total. The molecule has 0 aromatic rings. The molecule has 116 valence electrons. The molecule has 0 aromatic carbocycles. The van der Waals surface area contributed by atoms with Crippen molar-refractivity contribution in [1.29, 1.82) is 0 Å². The third kappa shape index (κ3) is 13.1. The van der Waals surface area contributed by atoms with Gasteiger partial charge in [0.25, 0.3) is 6.47 Å². The van der Waals surface area contributed by atoms with Gasteiger partial charge in [-0.05, 0) is 6.42 Å². The molecule has 7 nitrogen and oxygen atoms in total. The lowest BCUT2D eigenvalue weighted by molar-refractivity contribution is -0.126.